The molecule has 0 saturated heterocycles. The second kappa shape index (κ2) is 12.1. The van der Waals surface area contributed by atoms with Crippen LogP contribution in [0.5, 0.6) is 0 Å². The summed E-state index contributed by atoms with van der Waals surface area (Å²) in [6.45, 7) is 0. The minimum atomic E-state index is -0.666. The van der Waals surface area contributed by atoms with Crippen molar-refractivity contribution in [1.82, 2.24) is 34.1 Å². The quantitative estimate of drug-likeness (QED) is 0.176. The van der Waals surface area contributed by atoms with Crippen LogP contribution in [0.25, 0.3) is 78.3 Å². The largest absolute Gasteiger partial charge is 0.278 e. The summed E-state index contributed by atoms with van der Waals surface area (Å²) in [5.41, 5.74) is 10.8. The highest BCUT2D eigenvalue weighted by Gasteiger charge is 2.48. The Balaban J connectivity index is 1.24. The molecule has 0 saturated carbocycles. The number of aromatic nitrogens is 7. The fraction of sp³-hybridized carbons (Fsp3) is 0.0200. The zero-order valence-electron chi connectivity index (χ0n) is 30.5. The van der Waals surface area contributed by atoms with Gasteiger partial charge in [0.25, 0.3) is 0 Å². The van der Waals surface area contributed by atoms with Crippen LogP contribution in [0.15, 0.2) is 188 Å². The van der Waals surface area contributed by atoms with Crippen LogP contribution in [-0.4, -0.2) is 34.1 Å². The van der Waals surface area contributed by atoms with Crippen molar-refractivity contribution in [3.63, 3.8) is 0 Å². The number of hydrogen-bond donors (Lipinski definition) is 0. The van der Waals surface area contributed by atoms with Gasteiger partial charge in [-0.2, -0.15) is 15.0 Å². The van der Waals surface area contributed by atoms with E-state index in [2.05, 4.69) is 168 Å². The lowest BCUT2D eigenvalue weighted by Crippen LogP contribution is -2.29. The molecule has 1 aliphatic rings. The molecule has 57 heavy (non-hydrogen) atoms. The topological polar surface area (TPSA) is 74.3 Å². The Morgan fingerprint density at radius 1 is 0.368 bits per heavy atom. The summed E-state index contributed by atoms with van der Waals surface area (Å²) in [6, 6.07) is 61.9. The van der Waals surface area contributed by atoms with Crippen LogP contribution < -0.4 is 0 Å². The Kier molecular flexibility index (Phi) is 6.71. The van der Waals surface area contributed by atoms with Gasteiger partial charge in [-0.25, -0.2) is 14.5 Å². The van der Waals surface area contributed by atoms with E-state index in [-0.39, 0.29) is 0 Å². The van der Waals surface area contributed by atoms with Crippen molar-refractivity contribution >= 4 is 43.9 Å². The van der Waals surface area contributed by atoms with Crippen LogP contribution in [0.4, 0.5) is 0 Å². The molecule has 0 N–H and O–H groups in total. The zero-order chi connectivity index (χ0) is 37.5. The average molecular weight is 730 g/mol. The summed E-state index contributed by atoms with van der Waals surface area (Å²) in [5, 5.41) is 4.20. The fourth-order valence-electron chi connectivity index (χ4n) is 9.36. The highest BCUT2D eigenvalue weighted by molar-refractivity contribution is 6.09. The second-order valence-corrected chi connectivity index (χ2v) is 14.5. The van der Waals surface area contributed by atoms with Crippen LogP contribution in [0.2, 0.25) is 0 Å². The maximum atomic E-state index is 5.50. The molecule has 0 amide bonds. The molecular formula is C50H31N7. The molecule has 7 heteroatoms. The normalized spacial score (nSPS) is 13.1. The molecule has 1 aliphatic carbocycles. The first-order valence-corrected chi connectivity index (χ1v) is 19.1. The molecule has 0 spiro atoms. The molecule has 0 bridgehead atoms. The predicted octanol–water partition coefficient (Wildman–Crippen LogP) is 10.9. The summed E-state index contributed by atoms with van der Waals surface area (Å²) >= 11 is 0. The van der Waals surface area contributed by atoms with Gasteiger partial charge < -0.3 is 0 Å². The first kappa shape index (κ1) is 31.6. The van der Waals surface area contributed by atoms with Gasteiger partial charge in [-0.3, -0.25) is 4.57 Å². The third-order valence-corrected chi connectivity index (χ3v) is 11.6. The highest BCUT2D eigenvalue weighted by Crippen LogP contribution is 2.58. The van der Waals surface area contributed by atoms with E-state index in [1.54, 1.807) is 0 Å². The number of benzene rings is 6. The molecule has 7 nitrogen and oxygen atoms in total. The van der Waals surface area contributed by atoms with Gasteiger partial charge in [0.15, 0.2) is 5.82 Å². The minimum absolute atomic E-state index is 0.437. The van der Waals surface area contributed by atoms with Crippen molar-refractivity contribution in [2.75, 3.05) is 0 Å². The summed E-state index contributed by atoms with van der Waals surface area (Å²) < 4.78 is 4.14. The standard InChI is InChI=1S/C50H31N7/c1-3-16-32(17-4-1)50(33-18-5-2-6-19-33)41-27-10-7-20-34(41)37-23-13-24-40(44(37)50)45-53-48(56-42-28-11-8-21-35(42)36-22-9-12-29-43(36)56)55-49(54-45)57-46-38(25-14-30-51-46)39-26-15-31-52-47(39)57/h1-31H. The van der Waals surface area contributed by atoms with Gasteiger partial charge in [-0.1, -0.05) is 140 Å². The van der Waals surface area contributed by atoms with Gasteiger partial charge in [0, 0.05) is 39.5 Å². The molecule has 0 fully saturated rings. The van der Waals surface area contributed by atoms with Crippen molar-refractivity contribution in [2.24, 2.45) is 0 Å². The number of hydrogen-bond acceptors (Lipinski definition) is 5. The van der Waals surface area contributed by atoms with Crippen molar-refractivity contribution in [1.29, 1.82) is 0 Å². The lowest BCUT2D eigenvalue weighted by atomic mass is 9.66. The van der Waals surface area contributed by atoms with E-state index in [1.807, 2.05) is 29.1 Å². The number of para-hydroxylation sites is 2. The maximum absolute atomic E-state index is 5.50. The van der Waals surface area contributed by atoms with Crippen LogP contribution >= 0.6 is 0 Å². The summed E-state index contributed by atoms with van der Waals surface area (Å²) in [4.78, 5) is 26.1. The summed E-state index contributed by atoms with van der Waals surface area (Å²) in [5.74, 6) is 1.50. The van der Waals surface area contributed by atoms with Gasteiger partial charge >= 0.3 is 0 Å². The third-order valence-electron chi connectivity index (χ3n) is 11.6. The molecule has 11 aromatic rings. The van der Waals surface area contributed by atoms with E-state index >= 15 is 0 Å². The molecule has 0 unspecified atom stereocenters. The van der Waals surface area contributed by atoms with E-state index < -0.39 is 5.41 Å². The Morgan fingerprint density at radius 2 is 0.860 bits per heavy atom. The van der Waals surface area contributed by atoms with Gasteiger partial charge in [0.05, 0.1) is 16.4 Å². The van der Waals surface area contributed by atoms with Crippen LogP contribution in [0, 0.1) is 0 Å². The smallest absolute Gasteiger partial charge is 0.242 e. The molecule has 0 aliphatic heterocycles. The molecule has 5 heterocycles. The summed E-state index contributed by atoms with van der Waals surface area (Å²) in [7, 11) is 0. The number of pyridine rings is 2. The molecule has 5 aromatic heterocycles. The minimum Gasteiger partial charge on any atom is -0.278 e. The molecule has 0 radical (unpaired) electrons. The summed E-state index contributed by atoms with van der Waals surface area (Å²) in [6.07, 6.45) is 3.62. The highest BCUT2D eigenvalue weighted by atomic mass is 15.3. The number of fused-ring (bicyclic) bond motifs is 9. The van der Waals surface area contributed by atoms with Crippen molar-refractivity contribution in [2.45, 2.75) is 5.41 Å². The second-order valence-electron chi connectivity index (χ2n) is 14.5. The van der Waals surface area contributed by atoms with Crippen molar-refractivity contribution in [3.8, 4) is 34.4 Å². The third kappa shape index (κ3) is 4.39. The van der Waals surface area contributed by atoms with E-state index in [9.17, 15) is 0 Å². The Bertz CT molecular complexity index is 3090. The fourth-order valence-corrected chi connectivity index (χ4v) is 9.36. The van der Waals surface area contributed by atoms with Gasteiger partial charge in [0.1, 0.15) is 11.3 Å². The van der Waals surface area contributed by atoms with Gasteiger partial charge in [-0.15, -0.1) is 0 Å². The van der Waals surface area contributed by atoms with Gasteiger partial charge in [0.2, 0.25) is 11.9 Å². The monoisotopic (exact) mass is 729 g/mol. The zero-order valence-corrected chi connectivity index (χ0v) is 30.5. The first-order chi connectivity index (χ1) is 28.3. The predicted molar refractivity (Wildman–Crippen MR) is 227 cm³/mol. The Hall–Kier alpha value is -7.77. The van der Waals surface area contributed by atoms with Crippen molar-refractivity contribution in [3.05, 3.63) is 211 Å². The Labute approximate surface area is 327 Å². The maximum Gasteiger partial charge on any atom is 0.242 e. The molecule has 6 aromatic carbocycles. The molecule has 12 rings (SSSR count). The van der Waals surface area contributed by atoms with E-state index in [0.717, 1.165) is 60.6 Å². The SMILES string of the molecule is c1ccc(C2(c3ccccc3)c3ccccc3-c3cccc(-c4nc(-n5c6ccccc6c6ccccc65)nc(-n5c6ncccc6c6cccnc65)n4)c32)cc1. The van der Waals surface area contributed by atoms with Crippen LogP contribution in [-0.2, 0) is 5.41 Å². The number of nitrogens with zero attached hydrogens (tertiary/aromatic N) is 7. The van der Waals surface area contributed by atoms with Crippen LogP contribution in [0.3, 0.4) is 0 Å². The van der Waals surface area contributed by atoms with E-state index in [1.165, 1.54) is 22.3 Å². The van der Waals surface area contributed by atoms with Crippen LogP contribution in [0.1, 0.15) is 22.3 Å². The Morgan fingerprint density at radius 3 is 1.49 bits per heavy atom. The van der Waals surface area contributed by atoms with E-state index in [0.29, 0.717) is 17.7 Å². The molecule has 0 atom stereocenters. The van der Waals surface area contributed by atoms with Crippen molar-refractivity contribution < 1.29 is 0 Å². The lowest BCUT2D eigenvalue weighted by molar-refractivity contribution is 0.768. The molecule has 266 valence electrons. The number of rotatable bonds is 5. The average Bonchev–Trinajstić information content (AvgIpc) is 3.92. The van der Waals surface area contributed by atoms with Gasteiger partial charge in [-0.05, 0) is 69.8 Å². The van der Waals surface area contributed by atoms with E-state index in [4.69, 9.17) is 24.9 Å². The lowest BCUT2D eigenvalue weighted by Gasteiger charge is -2.35. The first-order valence-electron chi connectivity index (χ1n) is 19.1. The molecular weight excluding hydrogens is 699 g/mol.